The molecule has 0 spiro atoms. The van der Waals surface area contributed by atoms with Crippen molar-refractivity contribution >= 4 is 5.78 Å². The van der Waals surface area contributed by atoms with Gasteiger partial charge in [0, 0.05) is 11.8 Å². The normalized spacial score (nSPS) is 11.8. The van der Waals surface area contributed by atoms with Crippen LogP contribution in [0.2, 0.25) is 0 Å². The summed E-state index contributed by atoms with van der Waals surface area (Å²) in [6.07, 6.45) is 0.834. The van der Waals surface area contributed by atoms with Crippen molar-refractivity contribution in [2.75, 3.05) is 0 Å². The van der Waals surface area contributed by atoms with E-state index in [9.17, 15) is 9.90 Å². The number of nitrogens with zero attached hydrogens (tertiary/aromatic N) is 2. The number of hydrogen-bond donors (Lipinski definition) is 1. The van der Waals surface area contributed by atoms with Crippen LogP contribution >= 0.6 is 0 Å². The van der Waals surface area contributed by atoms with Crippen molar-refractivity contribution in [1.29, 1.82) is 0 Å². The van der Waals surface area contributed by atoms with Crippen LogP contribution in [0.1, 0.15) is 29.4 Å². The number of aryl methyl sites for hydroxylation is 1. The lowest BCUT2D eigenvalue weighted by atomic mass is 10.1. The summed E-state index contributed by atoms with van der Waals surface area (Å²) in [6, 6.07) is 16.7. The highest BCUT2D eigenvalue weighted by Crippen LogP contribution is 2.24. The summed E-state index contributed by atoms with van der Waals surface area (Å²) in [5.74, 6) is 1.50. The van der Waals surface area contributed by atoms with Crippen molar-refractivity contribution in [2.45, 2.75) is 26.4 Å². The zero-order valence-corrected chi connectivity index (χ0v) is 14.7. The van der Waals surface area contributed by atoms with E-state index in [1.54, 1.807) is 6.92 Å². The van der Waals surface area contributed by atoms with Gasteiger partial charge in [-0.2, -0.15) is 0 Å². The van der Waals surface area contributed by atoms with Gasteiger partial charge in [0.15, 0.2) is 5.82 Å². The van der Waals surface area contributed by atoms with Gasteiger partial charge < -0.3 is 9.84 Å². The molecular formula is C21H20N2O3. The molecule has 1 heterocycles. The molecule has 5 heteroatoms. The molecule has 3 rings (SSSR count). The van der Waals surface area contributed by atoms with Gasteiger partial charge in [0.05, 0.1) is 0 Å². The number of aromatic nitrogens is 2. The first-order valence-corrected chi connectivity index (χ1v) is 8.47. The van der Waals surface area contributed by atoms with Crippen LogP contribution in [-0.4, -0.2) is 27.0 Å². The lowest BCUT2D eigenvalue weighted by Crippen LogP contribution is -2.20. The molecule has 0 aliphatic heterocycles. The van der Waals surface area contributed by atoms with E-state index < -0.39 is 11.9 Å². The number of ether oxygens (including phenoxy) is 1. The predicted molar refractivity (Wildman–Crippen MR) is 99.3 cm³/mol. The zero-order valence-electron chi connectivity index (χ0n) is 14.7. The lowest BCUT2D eigenvalue weighted by Gasteiger charge is -2.08. The summed E-state index contributed by atoms with van der Waals surface area (Å²) in [6.45, 7) is 3.77. The zero-order chi connectivity index (χ0) is 18.5. The summed E-state index contributed by atoms with van der Waals surface area (Å²) >= 11 is 0. The molecule has 132 valence electrons. The van der Waals surface area contributed by atoms with Crippen molar-refractivity contribution in [3.05, 3.63) is 72.1 Å². The highest BCUT2D eigenvalue weighted by molar-refractivity contribution is 5.97. The maximum Gasteiger partial charge on any atom is 0.209 e. The quantitative estimate of drug-likeness (QED) is 0.676. The molecule has 0 aliphatic rings. The second-order valence-corrected chi connectivity index (χ2v) is 5.99. The van der Waals surface area contributed by atoms with E-state index in [2.05, 4.69) is 9.97 Å². The molecule has 26 heavy (non-hydrogen) atoms. The van der Waals surface area contributed by atoms with Crippen LogP contribution in [0.3, 0.4) is 0 Å². The van der Waals surface area contributed by atoms with E-state index in [1.807, 2.05) is 55.5 Å². The van der Waals surface area contributed by atoms with Crippen LogP contribution in [0, 0.1) is 6.92 Å². The predicted octanol–water partition coefficient (Wildman–Crippen LogP) is 4.20. The smallest absolute Gasteiger partial charge is 0.209 e. The Labute approximate surface area is 152 Å². The number of rotatable bonds is 6. The Morgan fingerprint density at radius 2 is 1.65 bits per heavy atom. The van der Waals surface area contributed by atoms with Gasteiger partial charge in [0.25, 0.3) is 0 Å². The van der Waals surface area contributed by atoms with Crippen LogP contribution in [0.5, 0.6) is 11.5 Å². The van der Waals surface area contributed by atoms with Gasteiger partial charge in [-0.1, -0.05) is 24.6 Å². The molecule has 0 bridgehead atoms. The molecule has 0 aliphatic carbocycles. The van der Waals surface area contributed by atoms with Gasteiger partial charge >= 0.3 is 0 Å². The summed E-state index contributed by atoms with van der Waals surface area (Å²) in [4.78, 5) is 20.6. The molecular weight excluding hydrogens is 328 g/mol. The summed E-state index contributed by atoms with van der Waals surface area (Å²) in [7, 11) is 0. The average molecular weight is 348 g/mol. The van der Waals surface area contributed by atoms with Crippen molar-refractivity contribution in [1.82, 2.24) is 9.97 Å². The van der Waals surface area contributed by atoms with E-state index >= 15 is 0 Å². The molecule has 2 aromatic carbocycles. The summed E-state index contributed by atoms with van der Waals surface area (Å²) < 4.78 is 5.80. The molecule has 0 unspecified atom stereocenters. The number of hydrogen-bond acceptors (Lipinski definition) is 5. The maximum atomic E-state index is 12.1. The molecule has 5 nitrogen and oxygen atoms in total. The maximum absolute atomic E-state index is 12.1. The van der Waals surface area contributed by atoms with Crippen molar-refractivity contribution in [3.63, 3.8) is 0 Å². The number of ketones is 1. The highest BCUT2D eigenvalue weighted by atomic mass is 16.5. The minimum absolute atomic E-state index is 0.212. The van der Waals surface area contributed by atoms with E-state index in [0.717, 1.165) is 11.3 Å². The fraction of sp³-hybridized carbons (Fsp3) is 0.190. The Balaban J connectivity index is 1.78. The molecule has 0 saturated heterocycles. The van der Waals surface area contributed by atoms with E-state index in [0.29, 0.717) is 18.0 Å². The van der Waals surface area contributed by atoms with Gasteiger partial charge in [-0.05, 0) is 55.8 Å². The van der Waals surface area contributed by atoms with Gasteiger partial charge in [0.1, 0.15) is 23.3 Å². The first-order chi connectivity index (χ1) is 12.6. The average Bonchev–Trinajstić information content (AvgIpc) is 2.69. The standard InChI is InChI=1S/C21H20N2O3/c1-3-19(24)20(25)18-12-13-22-21(23-18)15-6-10-17(11-7-15)26-16-8-4-14(2)5-9-16/h4-13,19,24H,3H2,1-2H3/t19-/m0/s1. The topological polar surface area (TPSA) is 72.3 Å². The monoisotopic (exact) mass is 348 g/mol. The van der Waals surface area contributed by atoms with Gasteiger partial charge in [-0.15, -0.1) is 0 Å². The SMILES string of the molecule is CC[C@H](O)C(=O)c1ccnc(-c2ccc(Oc3ccc(C)cc3)cc2)n1. The van der Waals surface area contributed by atoms with Gasteiger partial charge in [-0.3, -0.25) is 4.79 Å². The highest BCUT2D eigenvalue weighted by Gasteiger charge is 2.17. The van der Waals surface area contributed by atoms with Crippen LogP contribution in [0.4, 0.5) is 0 Å². The van der Waals surface area contributed by atoms with Gasteiger partial charge in [0.2, 0.25) is 5.78 Å². The molecule has 1 atom stereocenters. The van der Waals surface area contributed by atoms with E-state index in [-0.39, 0.29) is 5.69 Å². The molecule has 0 saturated carbocycles. The minimum Gasteiger partial charge on any atom is -0.457 e. The number of aliphatic hydroxyl groups is 1. The molecule has 0 radical (unpaired) electrons. The van der Waals surface area contributed by atoms with E-state index in [4.69, 9.17) is 4.74 Å². The summed E-state index contributed by atoms with van der Waals surface area (Å²) in [5.41, 5.74) is 2.15. The minimum atomic E-state index is -1.04. The van der Waals surface area contributed by atoms with Crippen molar-refractivity contribution < 1.29 is 14.6 Å². The second kappa shape index (κ2) is 7.89. The number of carbonyl (C=O) groups excluding carboxylic acids is 1. The Hall–Kier alpha value is -3.05. The molecule has 3 aromatic rings. The third kappa shape index (κ3) is 4.13. The first-order valence-electron chi connectivity index (χ1n) is 8.47. The van der Waals surface area contributed by atoms with Crippen molar-refractivity contribution in [3.8, 4) is 22.9 Å². The Morgan fingerprint density at radius 1 is 1.04 bits per heavy atom. The Morgan fingerprint density at radius 3 is 2.27 bits per heavy atom. The van der Waals surface area contributed by atoms with Crippen LogP contribution in [0.15, 0.2) is 60.8 Å². The van der Waals surface area contributed by atoms with Crippen LogP contribution < -0.4 is 4.74 Å². The van der Waals surface area contributed by atoms with E-state index in [1.165, 1.54) is 17.8 Å². The van der Waals surface area contributed by atoms with Crippen molar-refractivity contribution in [2.24, 2.45) is 0 Å². The summed E-state index contributed by atoms with van der Waals surface area (Å²) in [5, 5.41) is 9.71. The van der Waals surface area contributed by atoms with Crippen LogP contribution in [-0.2, 0) is 0 Å². The third-order valence-corrected chi connectivity index (χ3v) is 3.97. The van der Waals surface area contributed by atoms with Crippen LogP contribution in [0.25, 0.3) is 11.4 Å². The lowest BCUT2D eigenvalue weighted by molar-refractivity contribution is 0.0735. The number of carbonyl (C=O) groups is 1. The fourth-order valence-corrected chi connectivity index (χ4v) is 2.41. The van der Waals surface area contributed by atoms with Gasteiger partial charge in [-0.25, -0.2) is 9.97 Å². The number of aliphatic hydroxyl groups excluding tert-OH is 1. The Kier molecular flexibility index (Phi) is 5.39. The second-order valence-electron chi connectivity index (χ2n) is 5.99. The first kappa shape index (κ1) is 17.8. The molecule has 0 amide bonds. The molecule has 0 fully saturated rings. The number of benzene rings is 2. The molecule has 1 N–H and O–H groups in total. The fourth-order valence-electron chi connectivity index (χ4n) is 2.41. The largest absolute Gasteiger partial charge is 0.457 e. The Bertz CT molecular complexity index is 890. The third-order valence-electron chi connectivity index (χ3n) is 3.97. The number of Topliss-reactive ketones (excluding diaryl/α,β-unsaturated/α-hetero) is 1. The molecule has 1 aromatic heterocycles.